The van der Waals surface area contributed by atoms with Crippen molar-refractivity contribution in [2.45, 2.75) is 12.8 Å². The number of halogens is 1. The Morgan fingerprint density at radius 2 is 1.97 bits per heavy atom. The fourth-order valence-electron chi connectivity index (χ4n) is 3.98. The standard InChI is InChI=1S/C21H18FN3O4/c1-24-15-6-4-12(22)9-14(15)19(25-8-2-3-18(25)26)20(24)21(27)23-13-5-7-16-17(10-13)29-11-28-16/h4-7,9-10H,2-3,8,11H2,1H3,(H,23,27). The number of rotatable bonds is 3. The van der Waals surface area contributed by atoms with Gasteiger partial charge in [-0.1, -0.05) is 0 Å². The summed E-state index contributed by atoms with van der Waals surface area (Å²) in [7, 11) is 1.73. The lowest BCUT2D eigenvalue weighted by Crippen LogP contribution is -2.27. The number of anilines is 2. The zero-order chi connectivity index (χ0) is 20.1. The first-order chi connectivity index (χ1) is 14.0. The summed E-state index contributed by atoms with van der Waals surface area (Å²) < 4.78 is 26.3. The summed E-state index contributed by atoms with van der Waals surface area (Å²) in [5.41, 5.74) is 1.97. The number of fused-ring (bicyclic) bond motifs is 2. The number of ether oxygens (including phenoxy) is 2. The second kappa shape index (κ2) is 6.51. The highest BCUT2D eigenvalue weighted by atomic mass is 19.1. The van der Waals surface area contributed by atoms with Gasteiger partial charge in [0.05, 0.1) is 11.2 Å². The van der Waals surface area contributed by atoms with E-state index in [4.69, 9.17) is 9.47 Å². The van der Waals surface area contributed by atoms with Crippen molar-refractivity contribution >= 4 is 34.1 Å². The van der Waals surface area contributed by atoms with Crippen molar-refractivity contribution in [2.75, 3.05) is 23.6 Å². The van der Waals surface area contributed by atoms with Crippen LogP contribution >= 0.6 is 0 Å². The molecule has 148 valence electrons. The van der Waals surface area contributed by atoms with E-state index in [1.807, 2.05) is 0 Å². The smallest absolute Gasteiger partial charge is 0.274 e. The molecule has 3 aromatic rings. The largest absolute Gasteiger partial charge is 0.454 e. The van der Waals surface area contributed by atoms with E-state index in [2.05, 4.69) is 5.32 Å². The minimum atomic E-state index is -0.418. The molecule has 0 spiro atoms. The van der Waals surface area contributed by atoms with Gasteiger partial charge >= 0.3 is 0 Å². The normalized spacial score (nSPS) is 15.4. The minimum Gasteiger partial charge on any atom is -0.454 e. The second-order valence-electron chi connectivity index (χ2n) is 7.09. The first-order valence-corrected chi connectivity index (χ1v) is 9.32. The topological polar surface area (TPSA) is 72.8 Å². The molecule has 0 saturated carbocycles. The van der Waals surface area contributed by atoms with E-state index >= 15 is 0 Å². The average Bonchev–Trinajstić information content (AvgIpc) is 3.39. The molecule has 0 radical (unpaired) electrons. The Morgan fingerprint density at radius 1 is 1.14 bits per heavy atom. The molecule has 8 heteroatoms. The highest BCUT2D eigenvalue weighted by Gasteiger charge is 2.31. The molecule has 0 atom stereocenters. The van der Waals surface area contributed by atoms with E-state index in [1.165, 1.54) is 12.1 Å². The van der Waals surface area contributed by atoms with Gasteiger partial charge in [-0.25, -0.2) is 4.39 Å². The summed E-state index contributed by atoms with van der Waals surface area (Å²) in [6, 6.07) is 9.45. The van der Waals surface area contributed by atoms with Gasteiger partial charge in [-0.05, 0) is 36.8 Å². The SMILES string of the molecule is Cn1c(C(=O)Nc2ccc3c(c2)OCO3)c(N2CCCC2=O)c2cc(F)ccc21. The third-order valence-corrected chi connectivity index (χ3v) is 5.32. The van der Waals surface area contributed by atoms with Crippen molar-refractivity contribution in [3.8, 4) is 11.5 Å². The Balaban J connectivity index is 1.60. The molecule has 3 heterocycles. The van der Waals surface area contributed by atoms with E-state index < -0.39 is 11.7 Å². The van der Waals surface area contributed by atoms with E-state index in [0.717, 1.165) is 0 Å². The highest BCUT2D eigenvalue weighted by Crippen LogP contribution is 2.38. The summed E-state index contributed by atoms with van der Waals surface area (Å²) >= 11 is 0. The number of amides is 2. The van der Waals surface area contributed by atoms with Crippen LogP contribution in [0.25, 0.3) is 10.9 Å². The zero-order valence-electron chi connectivity index (χ0n) is 15.7. The number of nitrogens with one attached hydrogen (secondary N) is 1. The van der Waals surface area contributed by atoms with Gasteiger partial charge in [0.1, 0.15) is 11.5 Å². The number of carbonyl (C=O) groups excluding carboxylic acids is 2. The van der Waals surface area contributed by atoms with Crippen molar-refractivity contribution in [2.24, 2.45) is 7.05 Å². The Kier molecular flexibility index (Phi) is 3.94. The van der Waals surface area contributed by atoms with Crippen LogP contribution < -0.4 is 19.7 Å². The van der Waals surface area contributed by atoms with Gasteiger partial charge in [-0.3, -0.25) is 9.59 Å². The van der Waals surface area contributed by atoms with Crippen LogP contribution in [0.1, 0.15) is 23.3 Å². The van der Waals surface area contributed by atoms with Crippen molar-refractivity contribution in [1.82, 2.24) is 4.57 Å². The molecule has 0 bridgehead atoms. The molecule has 1 fully saturated rings. The molecule has 0 aliphatic carbocycles. The Bertz CT molecular complexity index is 1170. The predicted octanol–water partition coefficient (Wildman–Crippen LogP) is 3.43. The highest BCUT2D eigenvalue weighted by molar-refractivity contribution is 6.17. The fraction of sp³-hybridized carbons (Fsp3) is 0.238. The summed E-state index contributed by atoms with van der Waals surface area (Å²) in [6.07, 6.45) is 1.11. The number of aromatic nitrogens is 1. The first kappa shape index (κ1) is 17.5. The van der Waals surface area contributed by atoms with Crippen LogP contribution in [0.15, 0.2) is 36.4 Å². The molecule has 1 N–H and O–H groups in total. The van der Waals surface area contributed by atoms with Crippen LogP contribution in [0.5, 0.6) is 11.5 Å². The van der Waals surface area contributed by atoms with Crippen molar-refractivity contribution < 1.29 is 23.5 Å². The van der Waals surface area contributed by atoms with Crippen molar-refractivity contribution in [3.63, 3.8) is 0 Å². The number of hydrogen-bond acceptors (Lipinski definition) is 4. The lowest BCUT2D eigenvalue weighted by molar-refractivity contribution is -0.117. The van der Waals surface area contributed by atoms with Gasteiger partial charge in [0, 0.05) is 37.2 Å². The van der Waals surface area contributed by atoms with Gasteiger partial charge in [-0.15, -0.1) is 0 Å². The number of hydrogen-bond donors (Lipinski definition) is 1. The molecular weight excluding hydrogens is 377 g/mol. The van der Waals surface area contributed by atoms with Gasteiger partial charge in [0.2, 0.25) is 12.7 Å². The molecule has 7 nitrogen and oxygen atoms in total. The monoisotopic (exact) mass is 395 g/mol. The average molecular weight is 395 g/mol. The molecule has 1 saturated heterocycles. The quantitative estimate of drug-likeness (QED) is 0.738. The zero-order valence-corrected chi connectivity index (χ0v) is 15.7. The maximum absolute atomic E-state index is 14.0. The van der Waals surface area contributed by atoms with Crippen LogP contribution in [0.4, 0.5) is 15.8 Å². The van der Waals surface area contributed by atoms with Gasteiger partial charge in [0.25, 0.3) is 5.91 Å². The van der Waals surface area contributed by atoms with E-state index in [0.29, 0.717) is 58.9 Å². The Morgan fingerprint density at radius 3 is 2.76 bits per heavy atom. The predicted molar refractivity (Wildman–Crippen MR) is 105 cm³/mol. The van der Waals surface area contributed by atoms with Crippen LogP contribution in [0.2, 0.25) is 0 Å². The maximum atomic E-state index is 14.0. The van der Waals surface area contributed by atoms with Gasteiger partial charge < -0.3 is 24.3 Å². The van der Waals surface area contributed by atoms with Crippen molar-refractivity contribution in [3.05, 3.63) is 47.9 Å². The van der Waals surface area contributed by atoms with Crippen molar-refractivity contribution in [1.29, 1.82) is 0 Å². The molecular formula is C21H18FN3O4. The fourth-order valence-corrected chi connectivity index (χ4v) is 3.98. The molecule has 2 aromatic carbocycles. The van der Waals surface area contributed by atoms with Crippen LogP contribution in [-0.4, -0.2) is 29.7 Å². The number of nitrogens with zero attached hydrogens (tertiary/aromatic N) is 2. The van der Waals surface area contributed by atoms with Gasteiger partial charge in [-0.2, -0.15) is 0 Å². The summed E-state index contributed by atoms with van der Waals surface area (Å²) in [4.78, 5) is 27.3. The Hall–Kier alpha value is -3.55. The van der Waals surface area contributed by atoms with E-state index in [1.54, 1.807) is 40.8 Å². The molecule has 5 rings (SSSR count). The van der Waals surface area contributed by atoms with Crippen LogP contribution in [0.3, 0.4) is 0 Å². The van der Waals surface area contributed by atoms with Crippen LogP contribution in [0, 0.1) is 5.82 Å². The van der Waals surface area contributed by atoms with E-state index in [9.17, 15) is 14.0 Å². The molecule has 2 aliphatic rings. The molecule has 1 aromatic heterocycles. The second-order valence-corrected chi connectivity index (χ2v) is 7.09. The van der Waals surface area contributed by atoms with Crippen LogP contribution in [-0.2, 0) is 11.8 Å². The third kappa shape index (κ3) is 2.79. The molecule has 2 amide bonds. The Labute approximate surface area is 165 Å². The molecule has 29 heavy (non-hydrogen) atoms. The number of carbonyl (C=O) groups is 2. The minimum absolute atomic E-state index is 0.0705. The number of benzene rings is 2. The lowest BCUT2D eigenvalue weighted by atomic mass is 10.2. The summed E-state index contributed by atoms with van der Waals surface area (Å²) in [5.74, 6) is 0.290. The molecule has 0 unspecified atom stereocenters. The number of aryl methyl sites for hydroxylation is 1. The van der Waals surface area contributed by atoms with Gasteiger partial charge in [0.15, 0.2) is 11.5 Å². The summed E-state index contributed by atoms with van der Waals surface area (Å²) in [6.45, 7) is 0.640. The summed E-state index contributed by atoms with van der Waals surface area (Å²) in [5, 5.41) is 3.40. The first-order valence-electron chi connectivity index (χ1n) is 9.32. The molecule has 2 aliphatic heterocycles. The lowest BCUT2D eigenvalue weighted by Gasteiger charge is -2.18. The maximum Gasteiger partial charge on any atom is 0.274 e. The third-order valence-electron chi connectivity index (χ3n) is 5.32. The van der Waals surface area contributed by atoms with E-state index in [-0.39, 0.29) is 12.7 Å².